The third-order valence-electron chi connectivity index (χ3n) is 4.62. The van der Waals surface area contributed by atoms with Gasteiger partial charge in [-0.3, -0.25) is 0 Å². The first kappa shape index (κ1) is 20.9. The van der Waals surface area contributed by atoms with E-state index in [9.17, 15) is 10.2 Å². The average Bonchev–Trinajstić information content (AvgIpc) is 2.64. The molecule has 2 rings (SSSR count). The molecule has 3 heteroatoms. The molecule has 0 aliphatic carbocycles. The fraction of sp³-hybridized carbons (Fsp3) is 0.478. The van der Waals surface area contributed by atoms with E-state index in [0.717, 1.165) is 41.0 Å². The molecule has 26 heavy (non-hydrogen) atoms. The van der Waals surface area contributed by atoms with Crippen molar-refractivity contribution in [3.63, 3.8) is 0 Å². The summed E-state index contributed by atoms with van der Waals surface area (Å²) in [6.07, 6.45) is 10.2. The molecule has 0 fully saturated rings. The summed E-state index contributed by atoms with van der Waals surface area (Å²) in [6, 6.07) is 16.3. The van der Waals surface area contributed by atoms with Gasteiger partial charge in [0.1, 0.15) is 5.75 Å². The molecule has 2 aromatic carbocycles. The van der Waals surface area contributed by atoms with E-state index in [4.69, 9.17) is 0 Å². The predicted molar refractivity (Wildman–Crippen MR) is 111 cm³/mol. The van der Waals surface area contributed by atoms with Crippen LogP contribution in [0.1, 0.15) is 63.9 Å². The number of phenolic OH excluding ortho intramolecular Hbond substituents is 1. The van der Waals surface area contributed by atoms with Gasteiger partial charge >= 0.3 is 0 Å². The van der Waals surface area contributed by atoms with E-state index in [2.05, 4.69) is 12.1 Å². The summed E-state index contributed by atoms with van der Waals surface area (Å²) in [4.78, 5) is 2.09. The third-order valence-corrected chi connectivity index (χ3v) is 5.68. The molecule has 0 spiro atoms. The van der Waals surface area contributed by atoms with Gasteiger partial charge < -0.3 is 10.2 Å². The van der Waals surface area contributed by atoms with Crippen molar-refractivity contribution in [1.29, 1.82) is 0 Å². The molecule has 0 aliphatic rings. The summed E-state index contributed by atoms with van der Waals surface area (Å²) >= 11 is 1.62. The van der Waals surface area contributed by atoms with Crippen molar-refractivity contribution in [2.75, 3.05) is 0 Å². The molecule has 0 aliphatic heterocycles. The summed E-state index contributed by atoms with van der Waals surface area (Å²) in [6.45, 7) is 1.86. The summed E-state index contributed by atoms with van der Waals surface area (Å²) < 4.78 is 0. The van der Waals surface area contributed by atoms with E-state index >= 15 is 0 Å². The smallest absolute Gasteiger partial charge is 0.132 e. The lowest BCUT2D eigenvalue weighted by Gasteiger charge is -2.10. The van der Waals surface area contributed by atoms with Crippen LogP contribution in [0.15, 0.2) is 58.3 Å². The molecule has 0 radical (unpaired) electrons. The standard InChI is InChI=1S/C23H32O2S/c1-19(24)13-8-5-3-2-4-6-9-14-20-15-12-18-22(23(20)25)26-21-16-10-7-11-17-21/h7,10-12,15-19,24-25H,2-6,8-9,13-14H2,1H3. The maximum atomic E-state index is 10.6. The Balaban J connectivity index is 1.67. The molecule has 0 saturated carbocycles. The van der Waals surface area contributed by atoms with E-state index < -0.39 is 0 Å². The summed E-state index contributed by atoms with van der Waals surface area (Å²) in [5.41, 5.74) is 1.06. The van der Waals surface area contributed by atoms with Crippen molar-refractivity contribution in [2.24, 2.45) is 0 Å². The van der Waals surface area contributed by atoms with E-state index in [-0.39, 0.29) is 6.10 Å². The zero-order valence-corrected chi connectivity index (χ0v) is 16.7. The van der Waals surface area contributed by atoms with Gasteiger partial charge in [-0.25, -0.2) is 0 Å². The van der Waals surface area contributed by atoms with E-state index in [0.29, 0.717) is 5.75 Å². The molecule has 0 aromatic heterocycles. The number of phenols is 1. The summed E-state index contributed by atoms with van der Waals surface area (Å²) in [5, 5.41) is 19.8. The van der Waals surface area contributed by atoms with Gasteiger partial charge in [0.15, 0.2) is 0 Å². The Morgan fingerprint density at radius 2 is 1.46 bits per heavy atom. The summed E-state index contributed by atoms with van der Waals surface area (Å²) in [5.74, 6) is 0.444. The second-order valence-electron chi connectivity index (χ2n) is 7.04. The molecule has 1 atom stereocenters. The second-order valence-corrected chi connectivity index (χ2v) is 8.16. The first-order valence-corrected chi connectivity index (χ1v) is 10.7. The van der Waals surface area contributed by atoms with E-state index in [1.54, 1.807) is 11.8 Å². The molecule has 2 N–H and O–H groups in total. The number of unbranched alkanes of at least 4 members (excludes halogenated alkanes) is 6. The highest BCUT2D eigenvalue weighted by Gasteiger charge is 2.08. The molecular formula is C23H32O2S. The lowest BCUT2D eigenvalue weighted by molar-refractivity contribution is 0.180. The minimum absolute atomic E-state index is 0.154. The lowest BCUT2D eigenvalue weighted by Crippen LogP contribution is -1.98. The van der Waals surface area contributed by atoms with Gasteiger partial charge in [0.05, 0.1) is 11.0 Å². The number of aliphatic hydroxyl groups is 1. The van der Waals surface area contributed by atoms with Crippen LogP contribution in [0.4, 0.5) is 0 Å². The van der Waals surface area contributed by atoms with Gasteiger partial charge in [-0.05, 0) is 49.9 Å². The van der Waals surface area contributed by atoms with Gasteiger partial charge in [0.25, 0.3) is 0 Å². The first-order valence-electron chi connectivity index (χ1n) is 9.88. The summed E-state index contributed by atoms with van der Waals surface area (Å²) in [7, 11) is 0. The van der Waals surface area contributed by atoms with Crippen LogP contribution >= 0.6 is 11.8 Å². The molecule has 0 saturated heterocycles. The van der Waals surface area contributed by atoms with Crippen LogP contribution in [0.2, 0.25) is 0 Å². The number of aromatic hydroxyl groups is 1. The average molecular weight is 373 g/mol. The third kappa shape index (κ3) is 7.84. The molecular weight excluding hydrogens is 340 g/mol. The maximum absolute atomic E-state index is 10.6. The largest absolute Gasteiger partial charge is 0.506 e. The van der Waals surface area contributed by atoms with E-state index in [1.807, 2.05) is 43.3 Å². The molecule has 0 bridgehead atoms. The Morgan fingerprint density at radius 3 is 2.15 bits per heavy atom. The van der Waals surface area contributed by atoms with Crippen LogP contribution in [0.5, 0.6) is 5.75 Å². The molecule has 0 amide bonds. The molecule has 2 aromatic rings. The Kier molecular flexibility index (Phi) is 9.65. The van der Waals surface area contributed by atoms with Gasteiger partial charge in [-0.2, -0.15) is 0 Å². The van der Waals surface area contributed by atoms with Crippen LogP contribution in [-0.2, 0) is 6.42 Å². The Labute approximate surface area is 162 Å². The Morgan fingerprint density at radius 1 is 0.808 bits per heavy atom. The fourth-order valence-corrected chi connectivity index (χ4v) is 4.03. The number of benzene rings is 2. The lowest BCUT2D eigenvalue weighted by atomic mass is 10.0. The van der Waals surface area contributed by atoms with Crippen molar-refractivity contribution in [1.82, 2.24) is 0 Å². The van der Waals surface area contributed by atoms with Gasteiger partial charge in [0, 0.05) is 4.90 Å². The van der Waals surface area contributed by atoms with Gasteiger partial charge in [0.2, 0.25) is 0 Å². The molecule has 142 valence electrons. The highest BCUT2D eigenvalue weighted by Crippen LogP contribution is 2.36. The van der Waals surface area contributed by atoms with Crippen LogP contribution < -0.4 is 0 Å². The number of para-hydroxylation sites is 1. The van der Waals surface area contributed by atoms with Crippen LogP contribution in [-0.4, -0.2) is 16.3 Å². The SMILES string of the molecule is CC(O)CCCCCCCCCc1cccc(Sc2ccccc2)c1O. The van der Waals surface area contributed by atoms with Gasteiger partial charge in [-0.1, -0.05) is 80.6 Å². The first-order chi connectivity index (χ1) is 12.7. The number of aryl methyl sites for hydroxylation is 1. The van der Waals surface area contributed by atoms with Crippen molar-refractivity contribution in [2.45, 2.75) is 80.6 Å². The minimum Gasteiger partial charge on any atom is -0.506 e. The molecule has 0 heterocycles. The predicted octanol–water partition coefficient (Wildman–Crippen LogP) is 6.59. The van der Waals surface area contributed by atoms with Crippen LogP contribution in [0.25, 0.3) is 0 Å². The highest BCUT2D eigenvalue weighted by atomic mass is 32.2. The van der Waals surface area contributed by atoms with Crippen LogP contribution in [0.3, 0.4) is 0 Å². The molecule has 2 nitrogen and oxygen atoms in total. The van der Waals surface area contributed by atoms with Crippen molar-refractivity contribution >= 4 is 11.8 Å². The highest BCUT2D eigenvalue weighted by molar-refractivity contribution is 7.99. The number of rotatable bonds is 12. The Bertz CT molecular complexity index is 625. The topological polar surface area (TPSA) is 40.5 Å². The molecule has 1 unspecified atom stereocenters. The second kappa shape index (κ2) is 12.0. The normalized spacial score (nSPS) is 12.2. The number of hydrogen-bond acceptors (Lipinski definition) is 3. The quantitative estimate of drug-likeness (QED) is 0.413. The van der Waals surface area contributed by atoms with Gasteiger partial charge in [-0.15, -0.1) is 0 Å². The van der Waals surface area contributed by atoms with Crippen molar-refractivity contribution in [3.8, 4) is 5.75 Å². The zero-order valence-electron chi connectivity index (χ0n) is 15.9. The van der Waals surface area contributed by atoms with E-state index in [1.165, 1.54) is 32.1 Å². The number of aliphatic hydroxyl groups excluding tert-OH is 1. The van der Waals surface area contributed by atoms with Crippen molar-refractivity contribution in [3.05, 3.63) is 54.1 Å². The zero-order chi connectivity index (χ0) is 18.6. The minimum atomic E-state index is -0.154. The monoisotopic (exact) mass is 372 g/mol. The van der Waals surface area contributed by atoms with Crippen LogP contribution in [0, 0.1) is 0 Å². The fourth-order valence-electron chi connectivity index (χ4n) is 3.11. The number of hydrogen-bond donors (Lipinski definition) is 2. The van der Waals surface area contributed by atoms with Crippen molar-refractivity contribution < 1.29 is 10.2 Å². The maximum Gasteiger partial charge on any atom is 0.132 e. The Hall–Kier alpha value is -1.45.